The smallest absolute Gasteiger partial charge is 0.269 e. The van der Waals surface area contributed by atoms with E-state index >= 15 is 0 Å². The first kappa shape index (κ1) is 21.0. The molecular formula is C21H20F2N4O3. The SMILES string of the molecule is CC(NC(=NCc1ccc([N+](=O)[O-])cc1)NCc1ccco1)c1ccc(F)c(F)c1. The van der Waals surface area contributed by atoms with E-state index in [1.165, 1.54) is 18.2 Å². The fourth-order valence-electron chi connectivity index (χ4n) is 2.70. The van der Waals surface area contributed by atoms with Crippen LogP contribution in [0.25, 0.3) is 0 Å². The summed E-state index contributed by atoms with van der Waals surface area (Å²) in [5.41, 5.74) is 1.33. The second kappa shape index (κ2) is 9.64. The molecule has 1 unspecified atom stereocenters. The molecule has 2 aromatic carbocycles. The molecule has 0 bridgehead atoms. The predicted octanol–water partition coefficient (Wildman–Crippen LogP) is 4.46. The maximum atomic E-state index is 13.6. The zero-order chi connectivity index (χ0) is 21.5. The molecule has 30 heavy (non-hydrogen) atoms. The Morgan fingerprint density at radius 2 is 1.93 bits per heavy atom. The Hall–Kier alpha value is -3.75. The van der Waals surface area contributed by atoms with Crippen LogP contribution in [0.5, 0.6) is 0 Å². The number of hydrogen-bond donors (Lipinski definition) is 2. The molecule has 3 aromatic rings. The Labute approximate surface area is 171 Å². The lowest BCUT2D eigenvalue weighted by Gasteiger charge is -2.18. The van der Waals surface area contributed by atoms with Gasteiger partial charge in [-0.05, 0) is 42.3 Å². The lowest BCUT2D eigenvalue weighted by Crippen LogP contribution is -2.38. The second-order valence-corrected chi connectivity index (χ2v) is 6.56. The maximum absolute atomic E-state index is 13.6. The summed E-state index contributed by atoms with van der Waals surface area (Å²) in [6.45, 7) is 2.42. The van der Waals surface area contributed by atoms with Gasteiger partial charge in [0.15, 0.2) is 17.6 Å². The summed E-state index contributed by atoms with van der Waals surface area (Å²) in [4.78, 5) is 14.8. The van der Waals surface area contributed by atoms with E-state index in [2.05, 4.69) is 15.6 Å². The number of hydrogen-bond acceptors (Lipinski definition) is 4. The van der Waals surface area contributed by atoms with Gasteiger partial charge in [-0.15, -0.1) is 0 Å². The molecule has 156 valence electrons. The lowest BCUT2D eigenvalue weighted by atomic mass is 10.1. The van der Waals surface area contributed by atoms with Crippen LogP contribution in [0.3, 0.4) is 0 Å². The minimum absolute atomic E-state index is 0.00369. The average Bonchev–Trinajstić information content (AvgIpc) is 3.26. The number of benzene rings is 2. The first-order valence-corrected chi connectivity index (χ1v) is 9.18. The minimum Gasteiger partial charge on any atom is -0.467 e. The van der Waals surface area contributed by atoms with Crippen molar-refractivity contribution in [3.63, 3.8) is 0 Å². The third kappa shape index (κ3) is 5.63. The summed E-state index contributed by atoms with van der Waals surface area (Å²) < 4.78 is 32.1. The van der Waals surface area contributed by atoms with Gasteiger partial charge in [0.25, 0.3) is 5.69 Å². The molecule has 0 aliphatic heterocycles. The fraction of sp³-hybridized carbons (Fsp3) is 0.190. The lowest BCUT2D eigenvalue weighted by molar-refractivity contribution is -0.384. The Kier molecular flexibility index (Phi) is 6.74. The van der Waals surface area contributed by atoms with Crippen LogP contribution in [0.1, 0.15) is 29.9 Å². The molecule has 0 aliphatic carbocycles. The van der Waals surface area contributed by atoms with E-state index in [1.807, 2.05) is 0 Å². The highest BCUT2D eigenvalue weighted by atomic mass is 19.2. The Bertz CT molecular complexity index is 1020. The van der Waals surface area contributed by atoms with E-state index in [4.69, 9.17) is 4.42 Å². The van der Waals surface area contributed by atoms with E-state index in [0.717, 1.165) is 17.7 Å². The van der Waals surface area contributed by atoms with Gasteiger partial charge in [0.05, 0.1) is 30.3 Å². The molecule has 0 fully saturated rings. The largest absolute Gasteiger partial charge is 0.467 e. The number of nitrogens with one attached hydrogen (secondary N) is 2. The van der Waals surface area contributed by atoms with E-state index in [9.17, 15) is 18.9 Å². The zero-order valence-corrected chi connectivity index (χ0v) is 16.1. The molecule has 2 N–H and O–H groups in total. The summed E-state index contributed by atoms with van der Waals surface area (Å²) >= 11 is 0. The quantitative estimate of drug-likeness (QED) is 0.258. The van der Waals surface area contributed by atoms with Gasteiger partial charge in [0, 0.05) is 12.1 Å². The van der Waals surface area contributed by atoms with Crippen LogP contribution < -0.4 is 10.6 Å². The Morgan fingerprint density at radius 1 is 1.17 bits per heavy atom. The number of aliphatic imine (C=N–C) groups is 1. The number of furan rings is 1. The molecule has 3 rings (SSSR count). The van der Waals surface area contributed by atoms with Crippen molar-refractivity contribution in [2.45, 2.75) is 26.1 Å². The van der Waals surface area contributed by atoms with Crippen molar-refractivity contribution in [2.24, 2.45) is 4.99 Å². The first-order chi connectivity index (χ1) is 14.4. The molecule has 0 radical (unpaired) electrons. The van der Waals surface area contributed by atoms with Crippen molar-refractivity contribution >= 4 is 11.6 Å². The monoisotopic (exact) mass is 414 g/mol. The number of nitrogens with zero attached hydrogens (tertiary/aromatic N) is 2. The van der Waals surface area contributed by atoms with Gasteiger partial charge in [-0.3, -0.25) is 10.1 Å². The molecule has 1 aromatic heterocycles. The van der Waals surface area contributed by atoms with E-state index in [-0.39, 0.29) is 18.3 Å². The molecule has 0 saturated heterocycles. The molecule has 0 spiro atoms. The normalized spacial score (nSPS) is 12.4. The Balaban J connectivity index is 1.73. The predicted molar refractivity (Wildman–Crippen MR) is 108 cm³/mol. The van der Waals surface area contributed by atoms with Crippen LogP contribution in [0.2, 0.25) is 0 Å². The van der Waals surface area contributed by atoms with Gasteiger partial charge in [-0.2, -0.15) is 0 Å². The number of nitro benzene ring substituents is 1. The van der Waals surface area contributed by atoms with Gasteiger partial charge < -0.3 is 15.1 Å². The molecule has 1 heterocycles. The number of nitro groups is 1. The van der Waals surface area contributed by atoms with Crippen LogP contribution in [0.15, 0.2) is 70.3 Å². The van der Waals surface area contributed by atoms with Crippen LogP contribution in [-0.4, -0.2) is 10.9 Å². The third-order valence-electron chi connectivity index (χ3n) is 4.37. The van der Waals surface area contributed by atoms with Gasteiger partial charge in [-0.1, -0.05) is 18.2 Å². The van der Waals surface area contributed by atoms with Crippen LogP contribution in [0, 0.1) is 21.7 Å². The summed E-state index contributed by atoms with van der Waals surface area (Å²) in [5.74, 6) is -0.717. The standard InChI is InChI=1S/C21H20F2N4O3/c1-14(16-6-9-19(22)20(23)11-16)26-21(25-13-18-3-2-10-30-18)24-12-15-4-7-17(8-5-15)27(28)29/h2-11,14H,12-13H2,1H3,(H2,24,25,26). The summed E-state index contributed by atoms with van der Waals surface area (Å²) in [6.07, 6.45) is 1.56. The summed E-state index contributed by atoms with van der Waals surface area (Å²) in [6, 6.07) is 13.0. The second-order valence-electron chi connectivity index (χ2n) is 6.56. The van der Waals surface area contributed by atoms with Crippen molar-refractivity contribution < 1.29 is 18.1 Å². The molecular weight excluding hydrogens is 394 g/mol. The minimum atomic E-state index is -0.922. The number of non-ortho nitro benzene ring substituents is 1. The molecule has 0 aliphatic rings. The van der Waals surface area contributed by atoms with Crippen molar-refractivity contribution in [3.05, 3.63) is 99.5 Å². The average molecular weight is 414 g/mol. The van der Waals surface area contributed by atoms with Crippen molar-refractivity contribution in [3.8, 4) is 0 Å². The topological polar surface area (TPSA) is 92.7 Å². The third-order valence-corrected chi connectivity index (χ3v) is 4.37. The van der Waals surface area contributed by atoms with E-state index in [0.29, 0.717) is 23.8 Å². The molecule has 7 nitrogen and oxygen atoms in total. The van der Waals surface area contributed by atoms with Crippen LogP contribution in [-0.2, 0) is 13.1 Å². The number of halogens is 2. The number of rotatable bonds is 7. The molecule has 0 amide bonds. The van der Waals surface area contributed by atoms with E-state index in [1.54, 1.807) is 37.5 Å². The molecule has 0 saturated carbocycles. The van der Waals surface area contributed by atoms with Gasteiger partial charge in [0.1, 0.15) is 5.76 Å². The van der Waals surface area contributed by atoms with Gasteiger partial charge in [-0.25, -0.2) is 13.8 Å². The molecule has 9 heteroatoms. The van der Waals surface area contributed by atoms with Crippen LogP contribution in [0.4, 0.5) is 14.5 Å². The van der Waals surface area contributed by atoms with Gasteiger partial charge in [0.2, 0.25) is 0 Å². The van der Waals surface area contributed by atoms with Crippen LogP contribution >= 0.6 is 0 Å². The van der Waals surface area contributed by atoms with Crippen molar-refractivity contribution in [1.29, 1.82) is 0 Å². The highest BCUT2D eigenvalue weighted by Gasteiger charge is 2.12. The highest BCUT2D eigenvalue weighted by Crippen LogP contribution is 2.16. The first-order valence-electron chi connectivity index (χ1n) is 9.18. The van der Waals surface area contributed by atoms with E-state index < -0.39 is 16.6 Å². The van der Waals surface area contributed by atoms with Crippen molar-refractivity contribution in [1.82, 2.24) is 10.6 Å². The maximum Gasteiger partial charge on any atom is 0.269 e. The summed E-state index contributed by atoms with van der Waals surface area (Å²) in [5, 5.41) is 17.0. The van der Waals surface area contributed by atoms with Crippen molar-refractivity contribution in [2.75, 3.05) is 0 Å². The highest BCUT2D eigenvalue weighted by molar-refractivity contribution is 5.80. The van der Waals surface area contributed by atoms with Gasteiger partial charge >= 0.3 is 0 Å². The Morgan fingerprint density at radius 3 is 2.57 bits per heavy atom. The zero-order valence-electron chi connectivity index (χ0n) is 16.1. The fourth-order valence-corrected chi connectivity index (χ4v) is 2.70. The summed E-state index contributed by atoms with van der Waals surface area (Å²) in [7, 11) is 0. The number of guanidine groups is 1. The molecule has 1 atom stereocenters.